The summed E-state index contributed by atoms with van der Waals surface area (Å²) in [6.45, 7) is 10.4. The van der Waals surface area contributed by atoms with Gasteiger partial charge in [-0.3, -0.25) is 4.90 Å². The van der Waals surface area contributed by atoms with Gasteiger partial charge in [0.05, 0.1) is 12.8 Å². The quantitative estimate of drug-likeness (QED) is 0.858. The number of likely N-dealkylation sites (tertiary alicyclic amines) is 1. The van der Waals surface area contributed by atoms with Crippen molar-refractivity contribution < 1.29 is 4.74 Å². The van der Waals surface area contributed by atoms with Crippen LogP contribution >= 0.6 is 0 Å². The van der Waals surface area contributed by atoms with Crippen LogP contribution in [0, 0.1) is 11.3 Å². The Morgan fingerprint density at radius 3 is 2.40 bits per heavy atom. The predicted octanol–water partition coefficient (Wildman–Crippen LogP) is 3.54. The van der Waals surface area contributed by atoms with Crippen LogP contribution in [0.15, 0.2) is 18.2 Å². The van der Waals surface area contributed by atoms with E-state index in [-0.39, 0.29) is 0 Å². The lowest BCUT2D eigenvalue weighted by atomic mass is 9.75. The number of anilines is 1. The Hall–Kier alpha value is -1.22. The maximum Gasteiger partial charge on any atom is 0.141 e. The van der Waals surface area contributed by atoms with E-state index in [1.807, 2.05) is 12.1 Å². The summed E-state index contributed by atoms with van der Waals surface area (Å²) in [6.07, 6.45) is 2.60. The van der Waals surface area contributed by atoms with Crippen molar-refractivity contribution in [2.75, 3.05) is 25.9 Å². The van der Waals surface area contributed by atoms with E-state index in [2.05, 4.69) is 31.7 Å². The van der Waals surface area contributed by atoms with Crippen LogP contribution < -0.4 is 10.5 Å². The number of nitrogens with zero attached hydrogens (tertiary/aromatic N) is 1. The summed E-state index contributed by atoms with van der Waals surface area (Å²) in [7, 11) is 1.66. The number of benzene rings is 1. The van der Waals surface area contributed by atoms with Crippen molar-refractivity contribution in [3.63, 3.8) is 0 Å². The number of nitrogens with two attached hydrogens (primary N) is 1. The minimum absolute atomic E-state index is 0.441. The Kier molecular flexibility index (Phi) is 4.59. The molecule has 1 aliphatic heterocycles. The Labute approximate surface area is 123 Å². The fourth-order valence-corrected chi connectivity index (χ4v) is 3.10. The highest BCUT2D eigenvalue weighted by molar-refractivity contribution is 5.54. The Morgan fingerprint density at radius 1 is 1.25 bits per heavy atom. The average Bonchev–Trinajstić information content (AvgIpc) is 2.38. The minimum atomic E-state index is 0.441. The van der Waals surface area contributed by atoms with Crippen LogP contribution in [-0.4, -0.2) is 25.1 Å². The molecule has 3 heteroatoms. The van der Waals surface area contributed by atoms with E-state index < -0.39 is 0 Å². The Bertz CT molecular complexity index is 443. The van der Waals surface area contributed by atoms with Crippen LogP contribution in [0.4, 0.5) is 5.69 Å². The fourth-order valence-electron chi connectivity index (χ4n) is 3.10. The van der Waals surface area contributed by atoms with Crippen molar-refractivity contribution in [3.8, 4) is 5.75 Å². The highest BCUT2D eigenvalue weighted by Gasteiger charge is 2.28. The topological polar surface area (TPSA) is 38.5 Å². The largest absolute Gasteiger partial charge is 0.495 e. The van der Waals surface area contributed by atoms with Gasteiger partial charge in [-0.2, -0.15) is 0 Å². The molecular formula is C17H28N2O. The minimum Gasteiger partial charge on any atom is -0.495 e. The SMILES string of the molecule is COc1ccc(CN2CCC(C(C)(C)C)CC2)cc1N. The number of hydrogen-bond donors (Lipinski definition) is 1. The Balaban J connectivity index is 1.91. The zero-order chi connectivity index (χ0) is 14.8. The normalized spacial score (nSPS) is 18.2. The molecule has 0 radical (unpaired) electrons. The van der Waals surface area contributed by atoms with Crippen molar-refractivity contribution in [2.24, 2.45) is 11.3 Å². The number of rotatable bonds is 3. The lowest BCUT2D eigenvalue weighted by molar-refractivity contribution is 0.108. The molecule has 0 spiro atoms. The fraction of sp³-hybridized carbons (Fsp3) is 0.647. The number of hydrogen-bond acceptors (Lipinski definition) is 3. The smallest absolute Gasteiger partial charge is 0.141 e. The molecule has 0 atom stereocenters. The molecular weight excluding hydrogens is 248 g/mol. The summed E-state index contributed by atoms with van der Waals surface area (Å²) < 4.78 is 5.20. The van der Waals surface area contributed by atoms with E-state index in [0.29, 0.717) is 5.41 Å². The van der Waals surface area contributed by atoms with Gasteiger partial charge in [-0.25, -0.2) is 0 Å². The molecule has 20 heavy (non-hydrogen) atoms. The second kappa shape index (κ2) is 6.04. The molecule has 0 amide bonds. The molecule has 0 saturated carbocycles. The molecule has 1 aromatic carbocycles. The van der Waals surface area contributed by atoms with Gasteiger partial charge < -0.3 is 10.5 Å². The standard InChI is InChI=1S/C17H28N2O/c1-17(2,3)14-7-9-19(10-8-14)12-13-5-6-16(20-4)15(18)11-13/h5-6,11,14H,7-10,12,18H2,1-4H3. The maximum absolute atomic E-state index is 5.97. The van der Waals surface area contributed by atoms with Crippen molar-refractivity contribution in [2.45, 2.75) is 40.2 Å². The van der Waals surface area contributed by atoms with Crippen LogP contribution in [0.2, 0.25) is 0 Å². The molecule has 0 aliphatic carbocycles. The molecule has 3 nitrogen and oxygen atoms in total. The summed E-state index contributed by atoms with van der Waals surface area (Å²) >= 11 is 0. The molecule has 0 unspecified atom stereocenters. The monoisotopic (exact) mass is 276 g/mol. The summed E-state index contributed by atoms with van der Waals surface area (Å²) in [5.74, 6) is 1.61. The van der Waals surface area contributed by atoms with Gasteiger partial charge >= 0.3 is 0 Å². The third-order valence-corrected chi connectivity index (χ3v) is 4.51. The van der Waals surface area contributed by atoms with E-state index in [0.717, 1.165) is 23.9 Å². The highest BCUT2D eigenvalue weighted by Crippen LogP contribution is 2.34. The second-order valence-corrected chi connectivity index (χ2v) is 6.99. The van der Waals surface area contributed by atoms with Crippen molar-refractivity contribution in [3.05, 3.63) is 23.8 Å². The van der Waals surface area contributed by atoms with Gasteiger partial charge in [0.2, 0.25) is 0 Å². The molecule has 2 N–H and O–H groups in total. The first-order chi connectivity index (χ1) is 9.40. The first-order valence-corrected chi connectivity index (χ1v) is 7.55. The maximum atomic E-state index is 5.97. The lowest BCUT2D eigenvalue weighted by Crippen LogP contribution is -2.37. The van der Waals surface area contributed by atoms with Crippen molar-refractivity contribution >= 4 is 5.69 Å². The van der Waals surface area contributed by atoms with Crippen molar-refractivity contribution in [1.82, 2.24) is 4.90 Å². The van der Waals surface area contributed by atoms with Gasteiger partial charge in [-0.05, 0) is 55.0 Å². The summed E-state index contributed by atoms with van der Waals surface area (Å²) in [4.78, 5) is 2.53. The molecule has 1 aliphatic rings. The third-order valence-electron chi connectivity index (χ3n) is 4.51. The zero-order valence-corrected chi connectivity index (χ0v) is 13.3. The molecule has 1 heterocycles. The average molecular weight is 276 g/mol. The van der Waals surface area contributed by atoms with E-state index in [4.69, 9.17) is 10.5 Å². The molecule has 112 valence electrons. The number of methoxy groups -OCH3 is 1. The molecule has 1 saturated heterocycles. The first kappa shape index (κ1) is 15.2. The van der Waals surface area contributed by atoms with Gasteiger partial charge in [0.25, 0.3) is 0 Å². The van der Waals surface area contributed by atoms with E-state index in [1.165, 1.54) is 31.5 Å². The van der Waals surface area contributed by atoms with Crippen LogP contribution in [0.25, 0.3) is 0 Å². The Morgan fingerprint density at radius 2 is 1.90 bits per heavy atom. The first-order valence-electron chi connectivity index (χ1n) is 7.55. The number of ether oxygens (including phenoxy) is 1. The van der Waals surface area contributed by atoms with E-state index in [1.54, 1.807) is 7.11 Å². The predicted molar refractivity (Wildman–Crippen MR) is 84.9 cm³/mol. The lowest BCUT2D eigenvalue weighted by Gasteiger charge is -2.38. The molecule has 1 aromatic rings. The summed E-state index contributed by atoms with van der Waals surface area (Å²) in [6, 6.07) is 6.12. The van der Waals surface area contributed by atoms with Crippen LogP contribution in [-0.2, 0) is 6.54 Å². The van der Waals surface area contributed by atoms with Gasteiger partial charge in [0.1, 0.15) is 5.75 Å². The van der Waals surface area contributed by atoms with Crippen LogP contribution in [0.5, 0.6) is 5.75 Å². The molecule has 2 rings (SSSR count). The van der Waals surface area contributed by atoms with E-state index in [9.17, 15) is 0 Å². The van der Waals surface area contributed by atoms with Gasteiger partial charge in [-0.15, -0.1) is 0 Å². The molecule has 1 fully saturated rings. The van der Waals surface area contributed by atoms with Crippen molar-refractivity contribution in [1.29, 1.82) is 0 Å². The van der Waals surface area contributed by atoms with Crippen LogP contribution in [0.1, 0.15) is 39.2 Å². The van der Waals surface area contributed by atoms with Crippen LogP contribution in [0.3, 0.4) is 0 Å². The van der Waals surface area contributed by atoms with Gasteiger partial charge in [0, 0.05) is 6.54 Å². The zero-order valence-electron chi connectivity index (χ0n) is 13.3. The molecule has 0 bridgehead atoms. The van der Waals surface area contributed by atoms with E-state index >= 15 is 0 Å². The third kappa shape index (κ3) is 3.66. The summed E-state index contributed by atoms with van der Waals surface area (Å²) in [5.41, 5.74) is 8.42. The number of piperidine rings is 1. The summed E-state index contributed by atoms with van der Waals surface area (Å²) in [5, 5.41) is 0. The van der Waals surface area contributed by atoms with Gasteiger partial charge in [0.15, 0.2) is 0 Å². The number of nitrogen functional groups attached to an aromatic ring is 1. The second-order valence-electron chi connectivity index (χ2n) is 6.99. The highest BCUT2D eigenvalue weighted by atomic mass is 16.5. The molecule has 0 aromatic heterocycles. The van der Waals surface area contributed by atoms with Gasteiger partial charge in [-0.1, -0.05) is 26.8 Å².